The number of nitriles is 1. The summed E-state index contributed by atoms with van der Waals surface area (Å²) >= 11 is 1.36. The molecular weight excluding hydrogens is 342 g/mol. The molecule has 134 valence electrons. The number of hydrogen-bond donors (Lipinski definition) is 1. The molecule has 0 radical (unpaired) electrons. The minimum absolute atomic E-state index is 0.0125. The first-order chi connectivity index (χ1) is 12.5. The van der Waals surface area contributed by atoms with E-state index < -0.39 is 0 Å². The Labute approximate surface area is 159 Å². The molecule has 3 rings (SSSR count). The molecule has 0 unspecified atom stereocenters. The number of pyridine rings is 1. The van der Waals surface area contributed by atoms with Crippen molar-refractivity contribution >= 4 is 17.7 Å². The average Bonchev–Trinajstić information content (AvgIpc) is 2.61. The van der Waals surface area contributed by atoms with Crippen LogP contribution in [0.15, 0.2) is 35.4 Å². The molecule has 0 fully saturated rings. The third kappa shape index (κ3) is 3.91. The van der Waals surface area contributed by atoms with Gasteiger partial charge >= 0.3 is 0 Å². The second kappa shape index (κ2) is 7.92. The van der Waals surface area contributed by atoms with Crippen molar-refractivity contribution in [1.82, 2.24) is 10.3 Å². The number of nitrogens with zero attached hydrogens (tertiary/aromatic N) is 2. The van der Waals surface area contributed by atoms with Crippen LogP contribution in [-0.2, 0) is 11.2 Å². The van der Waals surface area contributed by atoms with Crippen LogP contribution in [0, 0.1) is 25.2 Å². The van der Waals surface area contributed by atoms with Gasteiger partial charge in [-0.05, 0) is 62.8 Å². The van der Waals surface area contributed by atoms with Gasteiger partial charge in [0.25, 0.3) is 0 Å². The van der Waals surface area contributed by atoms with Gasteiger partial charge in [0.15, 0.2) is 0 Å². The van der Waals surface area contributed by atoms with Crippen LogP contribution >= 0.6 is 11.8 Å². The minimum Gasteiger partial charge on any atom is -0.348 e. The van der Waals surface area contributed by atoms with Gasteiger partial charge in [0.05, 0.1) is 16.9 Å². The number of aromatic nitrogens is 1. The summed E-state index contributed by atoms with van der Waals surface area (Å²) in [5, 5.41) is 12.9. The lowest BCUT2D eigenvalue weighted by molar-refractivity contribution is -0.121. The highest BCUT2D eigenvalue weighted by Crippen LogP contribution is 2.31. The van der Waals surface area contributed by atoms with Gasteiger partial charge in [-0.2, -0.15) is 5.26 Å². The molecule has 0 bridgehead atoms. The molecule has 1 aliphatic rings. The molecule has 1 amide bonds. The van der Waals surface area contributed by atoms with Crippen molar-refractivity contribution < 1.29 is 4.79 Å². The van der Waals surface area contributed by atoms with E-state index in [9.17, 15) is 10.1 Å². The third-order valence-electron chi connectivity index (χ3n) is 4.77. The first-order valence-corrected chi connectivity index (χ1v) is 9.80. The number of nitrogens with one attached hydrogen (secondary N) is 1. The molecule has 1 heterocycles. The van der Waals surface area contributed by atoms with Gasteiger partial charge in [0, 0.05) is 5.69 Å². The second-order valence-corrected chi connectivity index (χ2v) is 8.11. The minimum atomic E-state index is -0.315. The number of rotatable bonds is 4. The van der Waals surface area contributed by atoms with E-state index in [0.29, 0.717) is 10.6 Å². The summed E-state index contributed by atoms with van der Waals surface area (Å²) in [5.41, 5.74) is 4.87. The van der Waals surface area contributed by atoms with Crippen molar-refractivity contribution in [2.45, 2.75) is 56.4 Å². The fraction of sp³-hybridized carbons (Fsp3) is 0.381. The first kappa shape index (κ1) is 18.5. The zero-order chi connectivity index (χ0) is 18.7. The predicted molar refractivity (Wildman–Crippen MR) is 104 cm³/mol. The number of benzene rings is 1. The summed E-state index contributed by atoms with van der Waals surface area (Å²) in [6, 6.07) is 12.5. The topological polar surface area (TPSA) is 65.8 Å². The second-order valence-electron chi connectivity index (χ2n) is 6.78. The van der Waals surface area contributed by atoms with Gasteiger partial charge in [-0.3, -0.25) is 4.79 Å². The van der Waals surface area contributed by atoms with Gasteiger partial charge in [-0.25, -0.2) is 4.98 Å². The molecule has 4 nitrogen and oxygen atoms in total. The number of aryl methyl sites for hydroxylation is 3. The van der Waals surface area contributed by atoms with E-state index in [4.69, 9.17) is 0 Å². The van der Waals surface area contributed by atoms with E-state index >= 15 is 0 Å². The average molecular weight is 366 g/mol. The summed E-state index contributed by atoms with van der Waals surface area (Å²) in [6.07, 6.45) is 3.12. The molecule has 1 N–H and O–H groups in total. The van der Waals surface area contributed by atoms with Crippen molar-refractivity contribution in [2.24, 2.45) is 0 Å². The molecule has 2 atom stereocenters. The maximum Gasteiger partial charge on any atom is 0.233 e. The van der Waals surface area contributed by atoms with Gasteiger partial charge < -0.3 is 5.32 Å². The van der Waals surface area contributed by atoms with Crippen LogP contribution in [0.25, 0.3) is 0 Å². The van der Waals surface area contributed by atoms with Gasteiger partial charge in [0.1, 0.15) is 11.1 Å². The number of hydrogen-bond acceptors (Lipinski definition) is 4. The summed E-state index contributed by atoms with van der Waals surface area (Å²) in [6.45, 7) is 5.68. The van der Waals surface area contributed by atoms with Crippen LogP contribution in [0.1, 0.15) is 53.8 Å². The number of carbonyl (C=O) groups excluding carboxylic acids is 1. The Balaban J connectivity index is 1.73. The number of carbonyl (C=O) groups is 1. The molecule has 0 aliphatic heterocycles. The summed E-state index contributed by atoms with van der Waals surface area (Å²) in [4.78, 5) is 17.2. The molecule has 0 spiro atoms. The smallest absolute Gasteiger partial charge is 0.233 e. The van der Waals surface area contributed by atoms with E-state index in [0.717, 1.165) is 30.5 Å². The quantitative estimate of drug-likeness (QED) is 0.823. The summed E-state index contributed by atoms with van der Waals surface area (Å²) in [7, 11) is 0. The van der Waals surface area contributed by atoms with Crippen LogP contribution < -0.4 is 5.32 Å². The molecule has 26 heavy (non-hydrogen) atoms. The Morgan fingerprint density at radius 3 is 2.92 bits per heavy atom. The fourth-order valence-corrected chi connectivity index (χ4v) is 4.47. The van der Waals surface area contributed by atoms with Crippen molar-refractivity contribution in [2.75, 3.05) is 0 Å². The lowest BCUT2D eigenvalue weighted by Gasteiger charge is -2.27. The van der Waals surface area contributed by atoms with Gasteiger partial charge in [-0.15, -0.1) is 0 Å². The maximum absolute atomic E-state index is 12.8. The highest BCUT2D eigenvalue weighted by atomic mass is 32.2. The van der Waals surface area contributed by atoms with Crippen LogP contribution in [-0.4, -0.2) is 16.1 Å². The Kier molecular flexibility index (Phi) is 5.63. The summed E-state index contributed by atoms with van der Waals surface area (Å²) < 4.78 is 0. The molecule has 5 heteroatoms. The molecule has 1 aliphatic carbocycles. The molecule has 0 saturated heterocycles. The van der Waals surface area contributed by atoms with Crippen molar-refractivity contribution in [3.05, 3.63) is 58.3 Å². The third-order valence-corrected chi connectivity index (χ3v) is 5.85. The van der Waals surface area contributed by atoms with Crippen LogP contribution in [0.5, 0.6) is 0 Å². The van der Waals surface area contributed by atoms with Crippen LogP contribution in [0.2, 0.25) is 0 Å². The Morgan fingerprint density at radius 2 is 2.15 bits per heavy atom. The van der Waals surface area contributed by atoms with Crippen LogP contribution in [0.4, 0.5) is 0 Å². The standard InChI is InChI=1S/C21H23N3OS/c1-13-11-14(2)23-21(18(13)12-22)26-15(3)20(25)24-19-10-6-8-16-7-4-5-9-17(16)19/h4-5,7,9,11,15,19H,6,8,10H2,1-3H3,(H,24,25)/t15-,19+/m0/s1. The Morgan fingerprint density at radius 1 is 1.38 bits per heavy atom. The monoisotopic (exact) mass is 365 g/mol. The van der Waals surface area contributed by atoms with Crippen molar-refractivity contribution in [3.8, 4) is 6.07 Å². The van der Waals surface area contributed by atoms with E-state index in [2.05, 4.69) is 34.6 Å². The fourth-order valence-electron chi connectivity index (χ4n) is 3.44. The maximum atomic E-state index is 12.8. The molecular formula is C21H23N3OS. The zero-order valence-corrected chi connectivity index (χ0v) is 16.2. The van der Waals surface area contributed by atoms with Crippen molar-refractivity contribution in [3.63, 3.8) is 0 Å². The first-order valence-electron chi connectivity index (χ1n) is 8.92. The molecule has 2 aromatic rings. The SMILES string of the molecule is Cc1cc(C)c(C#N)c(S[C@@H](C)C(=O)N[C@@H]2CCCc3ccccc32)n1. The van der Waals surface area contributed by atoms with Crippen LogP contribution in [0.3, 0.4) is 0 Å². The zero-order valence-electron chi connectivity index (χ0n) is 15.4. The predicted octanol–water partition coefficient (Wildman–Crippen LogP) is 4.24. The Hall–Kier alpha value is -2.32. The van der Waals surface area contributed by atoms with E-state index in [-0.39, 0.29) is 17.2 Å². The largest absolute Gasteiger partial charge is 0.348 e. The van der Waals surface area contributed by atoms with E-state index in [1.165, 1.54) is 22.9 Å². The molecule has 0 saturated carbocycles. The lowest BCUT2D eigenvalue weighted by atomic mass is 9.88. The number of thioether (sulfide) groups is 1. The van der Waals surface area contributed by atoms with E-state index in [1.54, 1.807) is 0 Å². The summed E-state index contributed by atoms with van der Waals surface area (Å²) in [5.74, 6) is -0.0125. The number of fused-ring (bicyclic) bond motifs is 1. The van der Waals surface area contributed by atoms with Gasteiger partial charge in [0.2, 0.25) is 5.91 Å². The lowest BCUT2D eigenvalue weighted by Crippen LogP contribution is -2.36. The number of amides is 1. The Bertz CT molecular complexity index is 872. The highest BCUT2D eigenvalue weighted by Gasteiger charge is 2.25. The highest BCUT2D eigenvalue weighted by molar-refractivity contribution is 8.00. The van der Waals surface area contributed by atoms with Gasteiger partial charge in [-0.1, -0.05) is 36.0 Å². The van der Waals surface area contributed by atoms with E-state index in [1.807, 2.05) is 32.9 Å². The normalized spacial score (nSPS) is 17.1. The van der Waals surface area contributed by atoms with Crippen molar-refractivity contribution in [1.29, 1.82) is 5.26 Å². The molecule has 1 aromatic heterocycles. The molecule has 1 aromatic carbocycles.